The first-order chi connectivity index (χ1) is 40.5. The Hall–Kier alpha value is -1.92. The van der Waals surface area contributed by atoms with E-state index in [2.05, 4.69) is 43.5 Å². The molecule has 0 saturated carbocycles. The molecule has 0 fully saturated rings. The Morgan fingerprint density at radius 2 is 0.610 bits per heavy atom. The lowest BCUT2D eigenvalue weighted by Crippen LogP contribution is -2.45. The summed E-state index contributed by atoms with van der Waals surface area (Å²) in [4.78, 5) is 24.6. The highest BCUT2D eigenvalue weighted by atomic mass is 16.5. The third kappa shape index (κ3) is 67.2. The lowest BCUT2D eigenvalue weighted by Gasteiger charge is -2.20. The third-order valence-electron chi connectivity index (χ3n) is 17.4. The van der Waals surface area contributed by atoms with Crippen LogP contribution < -0.4 is 5.32 Å². The number of amides is 1. The number of carbonyl (C=O) groups excluding carboxylic acids is 2. The Morgan fingerprint density at radius 1 is 0.341 bits per heavy atom. The van der Waals surface area contributed by atoms with Crippen LogP contribution in [-0.4, -0.2) is 47.4 Å². The van der Waals surface area contributed by atoms with Crippen LogP contribution in [0.3, 0.4) is 0 Å². The highest BCUT2D eigenvalue weighted by Crippen LogP contribution is 2.19. The molecule has 0 radical (unpaired) electrons. The van der Waals surface area contributed by atoms with Gasteiger partial charge in [-0.3, -0.25) is 9.59 Å². The van der Waals surface area contributed by atoms with Crippen molar-refractivity contribution in [2.24, 2.45) is 0 Å². The van der Waals surface area contributed by atoms with E-state index < -0.39 is 12.1 Å². The predicted octanol–water partition coefficient (Wildman–Crippen LogP) is 24.3. The fraction of sp³-hybridized carbons (Fsp3) is 0.895. The Morgan fingerprint density at radius 3 is 0.927 bits per heavy atom. The van der Waals surface area contributed by atoms with E-state index in [0.29, 0.717) is 19.4 Å². The van der Waals surface area contributed by atoms with Gasteiger partial charge >= 0.3 is 5.97 Å². The molecule has 2 unspecified atom stereocenters. The molecule has 0 aromatic carbocycles. The zero-order chi connectivity index (χ0) is 59.2. The zero-order valence-electron chi connectivity index (χ0n) is 55.5. The summed E-state index contributed by atoms with van der Waals surface area (Å²) in [6.45, 7) is 4.94. The number of carbonyl (C=O) groups is 2. The Balaban J connectivity index is 3.40. The molecule has 0 spiro atoms. The van der Waals surface area contributed by atoms with Crippen molar-refractivity contribution in [3.8, 4) is 0 Å². The second-order valence-electron chi connectivity index (χ2n) is 25.6. The molecule has 484 valence electrons. The van der Waals surface area contributed by atoms with Crippen LogP contribution in [0.4, 0.5) is 0 Å². The summed E-state index contributed by atoms with van der Waals surface area (Å²) >= 11 is 0. The minimum absolute atomic E-state index is 0.0169. The van der Waals surface area contributed by atoms with Crippen molar-refractivity contribution in [2.45, 2.75) is 424 Å². The Kier molecular flexibility index (Phi) is 69.9. The molecule has 0 heterocycles. The summed E-state index contributed by atoms with van der Waals surface area (Å²) in [7, 11) is 0. The molecule has 0 aliphatic rings. The Bertz CT molecular complexity index is 1330. The van der Waals surface area contributed by atoms with Crippen LogP contribution in [0.1, 0.15) is 412 Å². The van der Waals surface area contributed by atoms with Gasteiger partial charge in [0, 0.05) is 12.8 Å². The number of rotatable bonds is 70. The zero-order valence-corrected chi connectivity index (χ0v) is 55.5. The standard InChI is InChI=1S/C76H145NO5/c1-3-5-7-9-11-13-15-17-19-21-37-40-44-48-52-56-60-64-68-74(79)73(72-78)77-75(80)69-65-61-57-53-49-45-41-38-35-33-31-29-27-25-23-22-24-26-28-30-32-34-36-39-43-47-51-55-59-63-67-71-82-76(81)70-66-62-58-54-50-46-42-20-18-16-14-12-10-8-6-4-2/h24,26,30,32,64,68,73-74,78-79H,3-23,25,27-29,31,33-63,65-67,69-72H2,1-2H3,(H,77,80)/b26-24-,32-30-,68-64+. The summed E-state index contributed by atoms with van der Waals surface area (Å²) in [6, 6.07) is -0.628. The number of nitrogens with one attached hydrogen (secondary N) is 1. The molecular formula is C76H145NO5. The summed E-state index contributed by atoms with van der Waals surface area (Å²) in [5.74, 6) is -0.0471. The number of ether oxygens (including phenoxy) is 1. The SMILES string of the molecule is CCCCCCCCCCCCCCCCCC/C=C/C(O)C(CO)NC(=O)CCCCCCCCCCCCCCCCC/C=C\C/C=C\CCCCCCCCCCCOC(=O)CCCCCCCCCCCCCCCCCC. The van der Waals surface area contributed by atoms with E-state index in [1.165, 1.54) is 340 Å². The van der Waals surface area contributed by atoms with Crippen molar-refractivity contribution in [3.63, 3.8) is 0 Å². The summed E-state index contributed by atoms with van der Waals surface area (Å²) in [6.07, 6.45) is 92.4. The number of unbranched alkanes of at least 4 members (excludes halogenated alkanes) is 55. The minimum Gasteiger partial charge on any atom is -0.466 e. The van der Waals surface area contributed by atoms with Crippen LogP contribution in [-0.2, 0) is 14.3 Å². The van der Waals surface area contributed by atoms with Crippen LogP contribution >= 0.6 is 0 Å². The first kappa shape index (κ1) is 80.1. The molecule has 0 bridgehead atoms. The van der Waals surface area contributed by atoms with E-state index >= 15 is 0 Å². The van der Waals surface area contributed by atoms with E-state index in [1.807, 2.05) is 6.08 Å². The van der Waals surface area contributed by atoms with E-state index in [-0.39, 0.29) is 18.5 Å². The largest absolute Gasteiger partial charge is 0.466 e. The first-order valence-electron chi connectivity index (χ1n) is 37.3. The molecular weight excluding hydrogens is 1010 g/mol. The lowest BCUT2D eigenvalue weighted by molar-refractivity contribution is -0.143. The molecule has 6 nitrogen and oxygen atoms in total. The summed E-state index contributed by atoms with van der Waals surface area (Å²) in [5, 5.41) is 23.2. The van der Waals surface area contributed by atoms with Crippen molar-refractivity contribution in [3.05, 3.63) is 36.5 Å². The number of hydrogen-bond donors (Lipinski definition) is 3. The molecule has 1 amide bonds. The molecule has 0 aromatic rings. The van der Waals surface area contributed by atoms with Crippen molar-refractivity contribution < 1.29 is 24.5 Å². The maximum atomic E-state index is 12.5. The number of hydrogen-bond acceptors (Lipinski definition) is 5. The number of aliphatic hydroxyl groups excluding tert-OH is 2. The quantitative estimate of drug-likeness (QED) is 0.0320. The van der Waals surface area contributed by atoms with Crippen LogP contribution in [0.15, 0.2) is 36.5 Å². The number of esters is 1. The predicted molar refractivity (Wildman–Crippen MR) is 361 cm³/mol. The fourth-order valence-electron chi connectivity index (χ4n) is 11.7. The smallest absolute Gasteiger partial charge is 0.305 e. The first-order valence-corrected chi connectivity index (χ1v) is 37.3. The maximum Gasteiger partial charge on any atom is 0.305 e. The normalized spacial score (nSPS) is 12.7. The van der Waals surface area contributed by atoms with E-state index in [1.54, 1.807) is 6.08 Å². The van der Waals surface area contributed by atoms with Crippen molar-refractivity contribution >= 4 is 11.9 Å². The van der Waals surface area contributed by atoms with Gasteiger partial charge in [0.1, 0.15) is 0 Å². The van der Waals surface area contributed by atoms with Gasteiger partial charge in [-0.2, -0.15) is 0 Å². The summed E-state index contributed by atoms with van der Waals surface area (Å²) in [5.41, 5.74) is 0. The second kappa shape index (κ2) is 71.6. The topological polar surface area (TPSA) is 95.9 Å². The van der Waals surface area contributed by atoms with Gasteiger partial charge in [-0.25, -0.2) is 0 Å². The molecule has 6 heteroatoms. The van der Waals surface area contributed by atoms with Crippen LogP contribution in [0, 0.1) is 0 Å². The van der Waals surface area contributed by atoms with Gasteiger partial charge in [-0.1, -0.05) is 371 Å². The van der Waals surface area contributed by atoms with Crippen LogP contribution in [0.2, 0.25) is 0 Å². The summed E-state index contributed by atoms with van der Waals surface area (Å²) < 4.78 is 5.50. The average Bonchev–Trinajstić information content (AvgIpc) is 3.48. The van der Waals surface area contributed by atoms with Crippen molar-refractivity contribution in [1.29, 1.82) is 0 Å². The molecule has 2 atom stereocenters. The monoisotopic (exact) mass is 1150 g/mol. The second-order valence-corrected chi connectivity index (χ2v) is 25.6. The van der Waals surface area contributed by atoms with Crippen molar-refractivity contribution in [2.75, 3.05) is 13.2 Å². The molecule has 82 heavy (non-hydrogen) atoms. The highest BCUT2D eigenvalue weighted by molar-refractivity contribution is 5.76. The van der Waals surface area contributed by atoms with E-state index in [9.17, 15) is 19.8 Å². The molecule has 0 saturated heterocycles. The van der Waals surface area contributed by atoms with Crippen molar-refractivity contribution in [1.82, 2.24) is 5.32 Å². The van der Waals surface area contributed by atoms with Gasteiger partial charge in [0.2, 0.25) is 5.91 Å². The van der Waals surface area contributed by atoms with Gasteiger partial charge < -0.3 is 20.3 Å². The van der Waals surface area contributed by atoms with Crippen LogP contribution in [0.25, 0.3) is 0 Å². The fourth-order valence-corrected chi connectivity index (χ4v) is 11.7. The molecule has 3 N–H and O–H groups in total. The maximum absolute atomic E-state index is 12.5. The highest BCUT2D eigenvalue weighted by Gasteiger charge is 2.18. The Labute approximate surface area is 513 Å². The van der Waals surface area contributed by atoms with Gasteiger partial charge in [-0.15, -0.1) is 0 Å². The van der Waals surface area contributed by atoms with Gasteiger partial charge in [0.15, 0.2) is 0 Å². The molecule has 0 aliphatic carbocycles. The van der Waals surface area contributed by atoms with E-state index in [4.69, 9.17) is 4.74 Å². The average molecular weight is 1150 g/mol. The molecule has 0 aromatic heterocycles. The minimum atomic E-state index is -0.845. The van der Waals surface area contributed by atoms with Crippen LogP contribution in [0.5, 0.6) is 0 Å². The lowest BCUT2D eigenvalue weighted by atomic mass is 10.0. The number of aliphatic hydroxyl groups is 2. The number of allylic oxidation sites excluding steroid dienone is 5. The van der Waals surface area contributed by atoms with E-state index in [0.717, 1.165) is 44.9 Å². The van der Waals surface area contributed by atoms with Gasteiger partial charge in [-0.05, 0) is 64.2 Å². The molecule has 0 rings (SSSR count). The third-order valence-corrected chi connectivity index (χ3v) is 17.4. The van der Waals surface area contributed by atoms with Gasteiger partial charge in [0.05, 0.1) is 25.4 Å². The van der Waals surface area contributed by atoms with Gasteiger partial charge in [0.25, 0.3) is 0 Å². The molecule has 0 aliphatic heterocycles.